The Balaban J connectivity index is 1.72. The first-order valence-corrected chi connectivity index (χ1v) is 7.10. The molecule has 1 nitrogen and oxygen atoms in total. The van der Waals surface area contributed by atoms with Gasteiger partial charge < -0.3 is 4.74 Å². The summed E-state index contributed by atoms with van der Waals surface area (Å²) < 4.78 is 5.96. The molecule has 1 aromatic rings. The number of ether oxygens (including phenoxy) is 1. The molecular formula is C15H19ClO. The fraction of sp³-hybridized carbons (Fsp3) is 0.600. The summed E-state index contributed by atoms with van der Waals surface area (Å²) in [6.07, 6.45) is 6.16. The topological polar surface area (TPSA) is 9.23 Å². The molecule has 17 heavy (non-hydrogen) atoms. The third-order valence-electron chi connectivity index (χ3n) is 4.12. The van der Waals surface area contributed by atoms with Crippen molar-refractivity contribution in [1.82, 2.24) is 0 Å². The molecule has 3 atom stereocenters. The molecule has 2 aliphatic rings. The van der Waals surface area contributed by atoms with Gasteiger partial charge in [-0.3, -0.25) is 0 Å². The molecule has 0 aromatic heterocycles. The molecular weight excluding hydrogens is 232 g/mol. The van der Waals surface area contributed by atoms with Gasteiger partial charge in [-0.15, -0.1) is 11.6 Å². The van der Waals surface area contributed by atoms with E-state index in [2.05, 4.69) is 24.3 Å². The number of alkyl halides is 1. The fourth-order valence-corrected chi connectivity index (χ4v) is 3.58. The highest BCUT2D eigenvalue weighted by Crippen LogP contribution is 2.39. The maximum atomic E-state index is 6.18. The molecule has 1 saturated carbocycles. The van der Waals surface area contributed by atoms with E-state index in [9.17, 15) is 0 Å². The predicted molar refractivity (Wildman–Crippen MR) is 70.4 cm³/mol. The van der Waals surface area contributed by atoms with Crippen molar-refractivity contribution in [3.05, 3.63) is 35.4 Å². The lowest BCUT2D eigenvalue weighted by Gasteiger charge is -2.28. The van der Waals surface area contributed by atoms with E-state index in [-0.39, 0.29) is 0 Å². The molecule has 0 bridgehead atoms. The lowest BCUT2D eigenvalue weighted by molar-refractivity contribution is 0.0258. The van der Waals surface area contributed by atoms with E-state index < -0.39 is 0 Å². The van der Waals surface area contributed by atoms with Crippen molar-refractivity contribution in [2.24, 2.45) is 5.92 Å². The average Bonchev–Trinajstić information content (AvgIpc) is 2.75. The molecule has 0 amide bonds. The third-order valence-corrected chi connectivity index (χ3v) is 4.51. The summed E-state index contributed by atoms with van der Waals surface area (Å²) in [5.74, 6) is 0.758. The van der Waals surface area contributed by atoms with Crippen molar-refractivity contribution >= 4 is 11.6 Å². The highest BCUT2D eigenvalue weighted by molar-refractivity contribution is 6.20. The van der Waals surface area contributed by atoms with Gasteiger partial charge in [0.25, 0.3) is 0 Å². The number of halogens is 1. The van der Waals surface area contributed by atoms with Gasteiger partial charge >= 0.3 is 0 Å². The highest BCUT2D eigenvalue weighted by atomic mass is 35.5. The molecule has 92 valence electrons. The largest absolute Gasteiger partial charge is 0.373 e. The van der Waals surface area contributed by atoms with Crippen LogP contribution in [0.4, 0.5) is 0 Å². The molecule has 0 radical (unpaired) electrons. The summed E-state index contributed by atoms with van der Waals surface area (Å²) in [5, 5.41) is 0.402. The molecule has 0 N–H and O–H groups in total. The van der Waals surface area contributed by atoms with E-state index in [1.165, 1.54) is 30.4 Å². The smallest absolute Gasteiger partial charge is 0.0830 e. The van der Waals surface area contributed by atoms with Crippen LogP contribution in [0.2, 0.25) is 0 Å². The van der Waals surface area contributed by atoms with E-state index in [0.717, 1.165) is 25.4 Å². The summed E-state index contributed by atoms with van der Waals surface area (Å²) in [4.78, 5) is 0. The number of fused-ring (bicyclic) bond motifs is 1. The minimum Gasteiger partial charge on any atom is -0.373 e. The van der Waals surface area contributed by atoms with Crippen LogP contribution in [-0.2, 0) is 11.2 Å². The van der Waals surface area contributed by atoms with Crippen LogP contribution in [-0.4, -0.2) is 12.0 Å². The molecule has 0 saturated heterocycles. The van der Waals surface area contributed by atoms with Crippen molar-refractivity contribution < 1.29 is 4.74 Å². The highest BCUT2D eigenvalue weighted by Gasteiger charge is 2.28. The third kappa shape index (κ3) is 2.51. The van der Waals surface area contributed by atoms with Gasteiger partial charge in [-0.25, -0.2) is 0 Å². The number of rotatable bonds is 2. The maximum Gasteiger partial charge on any atom is 0.0830 e. The Labute approximate surface area is 108 Å². The SMILES string of the molecule is ClC1CCC(CC2OCCc3ccccc32)C1. The van der Waals surface area contributed by atoms with E-state index in [1.54, 1.807) is 0 Å². The number of hydrogen-bond acceptors (Lipinski definition) is 1. The molecule has 3 rings (SSSR count). The summed E-state index contributed by atoms with van der Waals surface area (Å²) >= 11 is 6.18. The van der Waals surface area contributed by atoms with Crippen LogP contribution in [0.5, 0.6) is 0 Å². The van der Waals surface area contributed by atoms with Crippen molar-refractivity contribution in [2.45, 2.75) is 43.6 Å². The Morgan fingerprint density at radius 1 is 1.24 bits per heavy atom. The Kier molecular flexibility index (Phi) is 3.39. The normalized spacial score (nSPS) is 32.4. The molecule has 1 fully saturated rings. The Hall–Kier alpha value is -0.530. The van der Waals surface area contributed by atoms with E-state index >= 15 is 0 Å². The first-order valence-electron chi connectivity index (χ1n) is 6.66. The molecule has 3 unspecified atom stereocenters. The Morgan fingerprint density at radius 3 is 2.94 bits per heavy atom. The second-order valence-electron chi connectivity index (χ2n) is 5.32. The number of benzene rings is 1. The standard InChI is InChI=1S/C15H19ClO/c16-13-6-5-11(9-13)10-15-14-4-2-1-3-12(14)7-8-17-15/h1-4,11,13,15H,5-10H2. The zero-order valence-corrected chi connectivity index (χ0v) is 10.8. The van der Waals surface area contributed by atoms with Crippen molar-refractivity contribution in [3.63, 3.8) is 0 Å². The quantitative estimate of drug-likeness (QED) is 0.718. The second kappa shape index (κ2) is 4.99. The summed E-state index contributed by atoms with van der Waals surface area (Å²) in [6.45, 7) is 0.874. The zero-order chi connectivity index (χ0) is 11.7. The van der Waals surface area contributed by atoms with Crippen LogP contribution in [0.3, 0.4) is 0 Å². The Bertz CT molecular complexity index is 390. The maximum absolute atomic E-state index is 6.18. The van der Waals surface area contributed by atoms with E-state index in [0.29, 0.717) is 11.5 Å². The van der Waals surface area contributed by atoms with Crippen LogP contribution >= 0.6 is 11.6 Å². The second-order valence-corrected chi connectivity index (χ2v) is 5.94. The zero-order valence-electron chi connectivity index (χ0n) is 10.1. The molecule has 1 aromatic carbocycles. The molecule has 1 aliphatic heterocycles. The molecule has 1 aliphatic carbocycles. The summed E-state index contributed by atoms with van der Waals surface area (Å²) in [6, 6.07) is 8.72. The van der Waals surface area contributed by atoms with Gasteiger partial charge in [-0.2, -0.15) is 0 Å². The van der Waals surface area contributed by atoms with Crippen LogP contribution in [0.25, 0.3) is 0 Å². The molecule has 0 spiro atoms. The van der Waals surface area contributed by atoms with E-state index in [1.807, 2.05) is 0 Å². The Morgan fingerprint density at radius 2 is 2.12 bits per heavy atom. The van der Waals surface area contributed by atoms with Gasteiger partial charge in [0.1, 0.15) is 0 Å². The lowest BCUT2D eigenvalue weighted by atomic mass is 9.90. The van der Waals surface area contributed by atoms with Gasteiger partial charge in [0.2, 0.25) is 0 Å². The van der Waals surface area contributed by atoms with Gasteiger partial charge in [-0.1, -0.05) is 24.3 Å². The molecule has 2 heteroatoms. The van der Waals surface area contributed by atoms with Gasteiger partial charge in [0.15, 0.2) is 0 Å². The van der Waals surface area contributed by atoms with Crippen LogP contribution < -0.4 is 0 Å². The predicted octanol–water partition coefficient (Wildman–Crippen LogP) is 4.10. The van der Waals surface area contributed by atoms with Gasteiger partial charge in [0, 0.05) is 5.38 Å². The van der Waals surface area contributed by atoms with Crippen molar-refractivity contribution in [3.8, 4) is 0 Å². The first-order chi connectivity index (χ1) is 8.33. The first kappa shape index (κ1) is 11.6. The van der Waals surface area contributed by atoms with Crippen LogP contribution in [0.1, 0.15) is 42.9 Å². The number of hydrogen-bond donors (Lipinski definition) is 0. The van der Waals surface area contributed by atoms with E-state index in [4.69, 9.17) is 16.3 Å². The average molecular weight is 251 g/mol. The van der Waals surface area contributed by atoms with Crippen molar-refractivity contribution in [2.75, 3.05) is 6.61 Å². The lowest BCUT2D eigenvalue weighted by Crippen LogP contribution is -2.18. The van der Waals surface area contributed by atoms with Crippen LogP contribution in [0, 0.1) is 5.92 Å². The fourth-order valence-electron chi connectivity index (χ4n) is 3.20. The monoisotopic (exact) mass is 250 g/mol. The summed E-state index contributed by atoms with van der Waals surface area (Å²) in [7, 11) is 0. The van der Waals surface area contributed by atoms with Gasteiger partial charge in [-0.05, 0) is 49.1 Å². The minimum atomic E-state index is 0.312. The van der Waals surface area contributed by atoms with Crippen LogP contribution in [0.15, 0.2) is 24.3 Å². The van der Waals surface area contributed by atoms with Gasteiger partial charge in [0.05, 0.1) is 12.7 Å². The molecule has 1 heterocycles. The summed E-state index contributed by atoms with van der Waals surface area (Å²) in [5.41, 5.74) is 2.89. The van der Waals surface area contributed by atoms with Crippen molar-refractivity contribution in [1.29, 1.82) is 0 Å². The minimum absolute atomic E-state index is 0.312.